The molecule has 2 fully saturated rings. The lowest BCUT2D eigenvalue weighted by Crippen LogP contribution is -2.38. The largest absolute Gasteiger partial charge is 0.495 e. The number of nitrogens with zero attached hydrogens (tertiary/aromatic N) is 2. The van der Waals surface area contributed by atoms with E-state index in [0.717, 1.165) is 76.3 Å². The Bertz CT molecular complexity index is 608. The molecule has 0 bridgehead atoms. The molecule has 0 atom stereocenters. The van der Waals surface area contributed by atoms with Gasteiger partial charge in [0, 0.05) is 30.6 Å². The van der Waals surface area contributed by atoms with Gasteiger partial charge in [-0.1, -0.05) is 26.2 Å². The Hall–Kier alpha value is -1.66. The molecule has 1 N–H and O–H groups in total. The zero-order valence-electron chi connectivity index (χ0n) is 16.1. The molecule has 2 aliphatic rings. The topological polar surface area (TPSA) is 63.7 Å². The average Bonchev–Trinajstić information content (AvgIpc) is 2.69. The summed E-state index contributed by atoms with van der Waals surface area (Å²) < 4.78 is 10.9. The molecule has 1 saturated heterocycles. The number of pyridine rings is 1. The quantitative estimate of drug-likeness (QED) is 0.843. The van der Waals surface area contributed by atoms with Crippen molar-refractivity contribution >= 4 is 11.7 Å². The first-order chi connectivity index (χ1) is 12.7. The van der Waals surface area contributed by atoms with Gasteiger partial charge in [0.05, 0.1) is 26.5 Å². The van der Waals surface area contributed by atoms with Gasteiger partial charge in [-0.25, -0.2) is 4.98 Å². The molecular weight excluding hydrogens is 330 g/mol. The van der Waals surface area contributed by atoms with Crippen LogP contribution in [0.5, 0.6) is 5.75 Å². The molecule has 0 aromatic carbocycles. The minimum Gasteiger partial charge on any atom is -0.495 e. The molecule has 1 amide bonds. The van der Waals surface area contributed by atoms with Crippen LogP contribution in [0, 0.1) is 5.41 Å². The smallest absolute Gasteiger partial charge is 0.231 e. The molecule has 6 heteroatoms. The molecule has 1 saturated carbocycles. The minimum atomic E-state index is -0.232. The summed E-state index contributed by atoms with van der Waals surface area (Å²) in [5.41, 5.74) is 0.818. The Kier molecular flexibility index (Phi) is 6.48. The highest BCUT2D eigenvalue weighted by molar-refractivity contribution is 5.94. The lowest BCUT2D eigenvalue weighted by molar-refractivity contribution is -0.127. The van der Waals surface area contributed by atoms with E-state index in [1.165, 1.54) is 6.42 Å². The lowest BCUT2D eigenvalue weighted by Gasteiger charge is -2.34. The Balaban J connectivity index is 1.73. The number of methoxy groups -OCH3 is 1. The third-order valence-electron chi connectivity index (χ3n) is 5.88. The van der Waals surface area contributed by atoms with Crippen LogP contribution in [0.3, 0.4) is 0 Å². The molecule has 144 valence electrons. The second-order valence-electron chi connectivity index (χ2n) is 7.42. The van der Waals surface area contributed by atoms with E-state index in [0.29, 0.717) is 5.82 Å². The van der Waals surface area contributed by atoms with Crippen LogP contribution >= 0.6 is 0 Å². The van der Waals surface area contributed by atoms with Gasteiger partial charge in [0.15, 0.2) is 0 Å². The van der Waals surface area contributed by atoms with Crippen LogP contribution in [0.2, 0.25) is 0 Å². The minimum absolute atomic E-state index is 0.120. The number of carbonyl (C=O) groups excluding carboxylic acids is 1. The zero-order chi connectivity index (χ0) is 18.4. The third-order valence-corrected chi connectivity index (χ3v) is 5.88. The van der Waals surface area contributed by atoms with Crippen LogP contribution in [-0.2, 0) is 16.1 Å². The summed E-state index contributed by atoms with van der Waals surface area (Å²) in [5, 5.41) is 3.08. The molecule has 26 heavy (non-hydrogen) atoms. The predicted octanol–water partition coefficient (Wildman–Crippen LogP) is 3.22. The second kappa shape index (κ2) is 8.82. The molecule has 0 spiro atoms. The Labute approximate surface area is 156 Å². The number of ether oxygens (including phenoxy) is 2. The van der Waals surface area contributed by atoms with E-state index in [2.05, 4.69) is 22.1 Å². The maximum atomic E-state index is 13.0. The molecule has 1 aromatic heterocycles. The summed E-state index contributed by atoms with van der Waals surface area (Å²) in [7, 11) is 1.66. The van der Waals surface area contributed by atoms with Crippen molar-refractivity contribution in [1.29, 1.82) is 0 Å². The Morgan fingerprint density at radius 2 is 2.04 bits per heavy atom. The van der Waals surface area contributed by atoms with E-state index in [-0.39, 0.29) is 11.3 Å². The van der Waals surface area contributed by atoms with E-state index >= 15 is 0 Å². The van der Waals surface area contributed by atoms with Gasteiger partial charge in [-0.3, -0.25) is 9.69 Å². The van der Waals surface area contributed by atoms with Gasteiger partial charge in [-0.15, -0.1) is 0 Å². The predicted molar refractivity (Wildman–Crippen MR) is 101 cm³/mol. The van der Waals surface area contributed by atoms with Gasteiger partial charge >= 0.3 is 0 Å². The van der Waals surface area contributed by atoms with Crippen molar-refractivity contribution in [2.24, 2.45) is 5.41 Å². The fourth-order valence-electron chi connectivity index (χ4n) is 4.08. The molecule has 1 aliphatic heterocycles. The second-order valence-corrected chi connectivity index (χ2v) is 7.42. The number of anilines is 1. The van der Waals surface area contributed by atoms with Crippen molar-refractivity contribution in [2.75, 3.05) is 38.7 Å². The summed E-state index contributed by atoms with van der Waals surface area (Å²) in [4.78, 5) is 19.7. The molecule has 0 radical (unpaired) electrons. The van der Waals surface area contributed by atoms with Crippen molar-refractivity contribution in [3.63, 3.8) is 0 Å². The van der Waals surface area contributed by atoms with Crippen LogP contribution in [0.1, 0.15) is 51.0 Å². The number of aromatic nitrogens is 1. The Morgan fingerprint density at radius 3 is 2.69 bits per heavy atom. The maximum absolute atomic E-state index is 13.0. The Morgan fingerprint density at radius 1 is 1.31 bits per heavy atom. The lowest BCUT2D eigenvalue weighted by atomic mass is 9.71. The molecule has 3 rings (SSSR count). The van der Waals surface area contributed by atoms with E-state index < -0.39 is 0 Å². The van der Waals surface area contributed by atoms with E-state index in [9.17, 15) is 4.79 Å². The third kappa shape index (κ3) is 4.35. The maximum Gasteiger partial charge on any atom is 0.231 e. The van der Waals surface area contributed by atoms with Gasteiger partial charge in [0.25, 0.3) is 0 Å². The van der Waals surface area contributed by atoms with Gasteiger partial charge < -0.3 is 14.8 Å². The average molecular weight is 361 g/mol. The number of amides is 1. The fourth-order valence-corrected chi connectivity index (χ4v) is 4.08. The van der Waals surface area contributed by atoms with E-state index in [1.807, 2.05) is 6.07 Å². The monoisotopic (exact) mass is 361 g/mol. The van der Waals surface area contributed by atoms with Crippen molar-refractivity contribution in [1.82, 2.24) is 9.88 Å². The standard InChI is InChI=1S/C20H31N3O3/c1-3-20(7-5-4-6-8-20)19(24)22-18-13-16(17(25-2)14-21-18)15-23-9-11-26-12-10-23/h13-14H,3-12,15H2,1-2H3,(H,21,22,24). The van der Waals surface area contributed by atoms with E-state index in [1.54, 1.807) is 13.3 Å². The first kappa shape index (κ1) is 19.1. The van der Waals surface area contributed by atoms with Gasteiger partial charge in [-0.05, 0) is 25.3 Å². The SMILES string of the molecule is CCC1(C(=O)Nc2cc(CN3CCOCC3)c(OC)cn2)CCCCC1. The molecule has 0 unspecified atom stereocenters. The normalized spacial score (nSPS) is 20.5. The van der Waals surface area contributed by atoms with Crippen molar-refractivity contribution < 1.29 is 14.3 Å². The van der Waals surface area contributed by atoms with Crippen LogP contribution in [0.25, 0.3) is 0 Å². The number of rotatable bonds is 6. The number of carbonyl (C=O) groups is 1. The summed E-state index contributed by atoms with van der Waals surface area (Å²) in [6, 6.07) is 1.96. The molecular formula is C20H31N3O3. The van der Waals surface area contributed by atoms with Gasteiger partial charge in [0.1, 0.15) is 11.6 Å². The highest BCUT2D eigenvalue weighted by Gasteiger charge is 2.37. The highest BCUT2D eigenvalue weighted by Crippen LogP contribution is 2.40. The van der Waals surface area contributed by atoms with E-state index in [4.69, 9.17) is 9.47 Å². The zero-order valence-corrected chi connectivity index (χ0v) is 16.1. The number of hydrogen-bond acceptors (Lipinski definition) is 5. The van der Waals surface area contributed by atoms with Crippen molar-refractivity contribution in [3.05, 3.63) is 17.8 Å². The van der Waals surface area contributed by atoms with Crippen LogP contribution in [0.4, 0.5) is 5.82 Å². The number of hydrogen-bond donors (Lipinski definition) is 1. The van der Waals surface area contributed by atoms with Crippen molar-refractivity contribution in [2.45, 2.75) is 52.0 Å². The summed E-state index contributed by atoms with van der Waals surface area (Å²) in [6.45, 7) is 6.23. The first-order valence-corrected chi connectivity index (χ1v) is 9.81. The molecule has 1 aromatic rings. The van der Waals surface area contributed by atoms with Crippen LogP contribution in [-0.4, -0.2) is 49.2 Å². The van der Waals surface area contributed by atoms with Gasteiger partial charge in [0.2, 0.25) is 5.91 Å². The molecule has 6 nitrogen and oxygen atoms in total. The molecule has 1 aliphatic carbocycles. The van der Waals surface area contributed by atoms with Gasteiger partial charge in [-0.2, -0.15) is 0 Å². The number of morpholine rings is 1. The first-order valence-electron chi connectivity index (χ1n) is 9.81. The fraction of sp³-hybridized carbons (Fsp3) is 0.700. The highest BCUT2D eigenvalue weighted by atomic mass is 16.5. The van der Waals surface area contributed by atoms with Crippen LogP contribution in [0.15, 0.2) is 12.3 Å². The summed E-state index contributed by atoms with van der Waals surface area (Å²) in [6.07, 6.45) is 8.07. The number of nitrogens with one attached hydrogen (secondary N) is 1. The summed E-state index contributed by atoms with van der Waals surface area (Å²) in [5.74, 6) is 1.50. The van der Waals surface area contributed by atoms with Crippen molar-refractivity contribution in [3.8, 4) is 5.75 Å². The van der Waals surface area contributed by atoms with Crippen LogP contribution < -0.4 is 10.1 Å². The molecule has 2 heterocycles. The summed E-state index contributed by atoms with van der Waals surface area (Å²) >= 11 is 0.